The van der Waals surface area contributed by atoms with Gasteiger partial charge in [0.05, 0.1) is 18.3 Å². The number of carbonyl (C=O) groups is 1. The Kier molecular flexibility index (Phi) is 5.34. The number of piperidine rings is 1. The summed E-state index contributed by atoms with van der Waals surface area (Å²) < 4.78 is 12.0. The van der Waals surface area contributed by atoms with Crippen molar-refractivity contribution < 1.29 is 14.3 Å². The minimum absolute atomic E-state index is 0.00280. The van der Waals surface area contributed by atoms with E-state index in [1.807, 2.05) is 43.9 Å². The van der Waals surface area contributed by atoms with Gasteiger partial charge in [-0.3, -0.25) is 4.79 Å². The summed E-state index contributed by atoms with van der Waals surface area (Å²) in [5, 5.41) is 0. The average molecular weight is 360 g/mol. The number of hydrogen-bond acceptors (Lipinski definition) is 3. The van der Waals surface area contributed by atoms with E-state index in [9.17, 15) is 4.79 Å². The van der Waals surface area contributed by atoms with E-state index in [-0.39, 0.29) is 23.0 Å². The van der Waals surface area contributed by atoms with E-state index in [2.05, 4.69) is 13.8 Å². The van der Waals surface area contributed by atoms with Crippen LogP contribution < -0.4 is 4.74 Å². The van der Waals surface area contributed by atoms with Crippen molar-refractivity contribution in [2.75, 3.05) is 19.7 Å². The maximum absolute atomic E-state index is 12.9. The summed E-state index contributed by atoms with van der Waals surface area (Å²) in [4.78, 5) is 14.9. The quantitative estimate of drug-likeness (QED) is 0.792. The zero-order valence-electron chi connectivity index (χ0n) is 16.9. The third-order valence-corrected chi connectivity index (χ3v) is 5.77. The zero-order valence-corrected chi connectivity index (χ0v) is 16.9. The monoisotopic (exact) mass is 359 g/mol. The Morgan fingerprint density at radius 1 is 1.15 bits per heavy atom. The molecule has 2 heterocycles. The van der Waals surface area contributed by atoms with Crippen molar-refractivity contribution in [3.8, 4) is 5.75 Å². The molecule has 0 saturated carbocycles. The standard InChI is InChI=1S/C22H33NO3/c1-16(2)26-19-7-6-18(14-17(19)3)20(24)23-12-10-22(11-13-23)9-8-21(4,5)15-25-22/h6-7,14,16H,8-13,15H2,1-5H3. The van der Waals surface area contributed by atoms with Gasteiger partial charge in [-0.05, 0) is 75.6 Å². The molecule has 4 nitrogen and oxygen atoms in total. The van der Waals surface area contributed by atoms with E-state index in [0.717, 1.165) is 55.8 Å². The molecule has 2 saturated heterocycles. The number of rotatable bonds is 3. The van der Waals surface area contributed by atoms with Crippen molar-refractivity contribution in [2.24, 2.45) is 5.41 Å². The normalized spacial score (nSPS) is 21.8. The van der Waals surface area contributed by atoms with Crippen molar-refractivity contribution in [1.82, 2.24) is 4.90 Å². The first-order chi connectivity index (χ1) is 12.2. The number of likely N-dealkylation sites (tertiary alicyclic amines) is 1. The molecule has 3 rings (SSSR count). The summed E-state index contributed by atoms with van der Waals surface area (Å²) >= 11 is 0. The van der Waals surface area contributed by atoms with E-state index >= 15 is 0 Å². The van der Waals surface area contributed by atoms with Gasteiger partial charge in [0.15, 0.2) is 0 Å². The maximum Gasteiger partial charge on any atom is 0.253 e. The van der Waals surface area contributed by atoms with Crippen molar-refractivity contribution >= 4 is 5.91 Å². The van der Waals surface area contributed by atoms with Gasteiger partial charge >= 0.3 is 0 Å². The smallest absolute Gasteiger partial charge is 0.253 e. The van der Waals surface area contributed by atoms with Crippen LogP contribution in [0.2, 0.25) is 0 Å². The number of aryl methyl sites for hydroxylation is 1. The van der Waals surface area contributed by atoms with Crippen LogP contribution in [0.25, 0.3) is 0 Å². The van der Waals surface area contributed by atoms with E-state index in [0.29, 0.717) is 0 Å². The molecule has 0 radical (unpaired) electrons. The third-order valence-electron chi connectivity index (χ3n) is 5.77. The lowest BCUT2D eigenvalue weighted by Gasteiger charge is -2.48. The fourth-order valence-corrected chi connectivity index (χ4v) is 3.92. The lowest BCUT2D eigenvalue weighted by atomic mass is 9.76. The number of carbonyl (C=O) groups excluding carboxylic acids is 1. The van der Waals surface area contributed by atoms with Crippen LogP contribution in [0.1, 0.15) is 69.3 Å². The highest BCUT2D eigenvalue weighted by atomic mass is 16.5. The van der Waals surface area contributed by atoms with Crippen LogP contribution in [0.5, 0.6) is 5.75 Å². The van der Waals surface area contributed by atoms with Crippen molar-refractivity contribution in [3.63, 3.8) is 0 Å². The predicted molar refractivity (Wildman–Crippen MR) is 104 cm³/mol. The Labute approximate surface area is 157 Å². The molecule has 1 aromatic carbocycles. The Balaban J connectivity index is 1.61. The second kappa shape index (κ2) is 7.22. The number of hydrogen-bond donors (Lipinski definition) is 0. The fourth-order valence-electron chi connectivity index (χ4n) is 3.92. The zero-order chi connectivity index (χ0) is 18.9. The molecule has 144 valence electrons. The number of amides is 1. The maximum atomic E-state index is 12.9. The first-order valence-corrected chi connectivity index (χ1v) is 9.90. The molecule has 1 aromatic rings. The van der Waals surface area contributed by atoms with E-state index < -0.39 is 0 Å². The second-order valence-corrected chi connectivity index (χ2v) is 9.07. The van der Waals surface area contributed by atoms with Gasteiger partial charge < -0.3 is 14.4 Å². The van der Waals surface area contributed by atoms with E-state index in [4.69, 9.17) is 9.47 Å². The van der Waals surface area contributed by atoms with Crippen molar-refractivity contribution in [1.29, 1.82) is 0 Å². The van der Waals surface area contributed by atoms with Crippen LogP contribution >= 0.6 is 0 Å². The Hall–Kier alpha value is -1.55. The highest BCUT2D eigenvalue weighted by Crippen LogP contribution is 2.41. The molecule has 2 aliphatic heterocycles. The molecular weight excluding hydrogens is 326 g/mol. The van der Waals surface area contributed by atoms with Gasteiger partial charge in [-0.1, -0.05) is 13.8 Å². The SMILES string of the molecule is Cc1cc(C(=O)N2CCC3(CC2)CCC(C)(C)CO3)ccc1OC(C)C. The molecule has 2 aliphatic rings. The highest BCUT2D eigenvalue weighted by molar-refractivity contribution is 5.94. The molecule has 26 heavy (non-hydrogen) atoms. The minimum Gasteiger partial charge on any atom is -0.491 e. The topological polar surface area (TPSA) is 38.8 Å². The van der Waals surface area contributed by atoms with E-state index in [1.54, 1.807) is 0 Å². The highest BCUT2D eigenvalue weighted by Gasteiger charge is 2.42. The molecular formula is C22H33NO3. The summed E-state index contributed by atoms with van der Waals surface area (Å²) in [5.41, 5.74) is 2.04. The molecule has 0 atom stereocenters. The predicted octanol–water partition coefficient (Wildman–Crippen LogP) is 4.59. The largest absolute Gasteiger partial charge is 0.491 e. The molecule has 0 unspecified atom stereocenters. The van der Waals surface area contributed by atoms with Gasteiger partial charge in [-0.2, -0.15) is 0 Å². The summed E-state index contributed by atoms with van der Waals surface area (Å²) in [7, 11) is 0. The van der Waals surface area contributed by atoms with Crippen LogP contribution in [-0.2, 0) is 4.74 Å². The summed E-state index contributed by atoms with van der Waals surface area (Å²) in [6.45, 7) is 13.0. The molecule has 1 spiro atoms. The number of benzene rings is 1. The number of ether oxygens (including phenoxy) is 2. The molecule has 0 bridgehead atoms. The summed E-state index contributed by atoms with van der Waals surface area (Å²) in [5.74, 6) is 0.975. The second-order valence-electron chi connectivity index (χ2n) is 9.07. The van der Waals surface area contributed by atoms with Gasteiger partial charge in [-0.25, -0.2) is 0 Å². The van der Waals surface area contributed by atoms with Crippen molar-refractivity contribution in [3.05, 3.63) is 29.3 Å². The average Bonchev–Trinajstić information content (AvgIpc) is 2.59. The molecule has 0 aromatic heterocycles. The van der Waals surface area contributed by atoms with Crippen molar-refractivity contribution in [2.45, 2.75) is 72.0 Å². The van der Waals surface area contributed by atoms with Gasteiger partial charge in [0, 0.05) is 18.7 Å². The lowest BCUT2D eigenvalue weighted by molar-refractivity contribution is -0.145. The Bertz CT molecular complexity index is 645. The van der Waals surface area contributed by atoms with Crippen LogP contribution in [-0.4, -0.2) is 42.2 Å². The van der Waals surface area contributed by atoms with Gasteiger partial charge in [-0.15, -0.1) is 0 Å². The molecule has 1 amide bonds. The Morgan fingerprint density at radius 2 is 1.85 bits per heavy atom. The van der Waals surface area contributed by atoms with Gasteiger partial charge in [0.25, 0.3) is 5.91 Å². The minimum atomic E-state index is -0.00280. The van der Waals surface area contributed by atoms with E-state index in [1.165, 1.54) is 6.42 Å². The van der Waals surface area contributed by atoms with Crippen LogP contribution in [0.4, 0.5) is 0 Å². The number of nitrogens with zero attached hydrogens (tertiary/aromatic N) is 1. The molecule has 2 fully saturated rings. The summed E-state index contributed by atoms with van der Waals surface area (Å²) in [6.07, 6.45) is 4.35. The van der Waals surface area contributed by atoms with Crippen LogP contribution in [0.15, 0.2) is 18.2 Å². The fraction of sp³-hybridized carbons (Fsp3) is 0.682. The molecule has 0 aliphatic carbocycles. The molecule has 4 heteroatoms. The Morgan fingerprint density at radius 3 is 2.38 bits per heavy atom. The first-order valence-electron chi connectivity index (χ1n) is 9.90. The van der Waals surface area contributed by atoms with Crippen LogP contribution in [0.3, 0.4) is 0 Å². The van der Waals surface area contributed by atoms with Crippen LogP contribution in [0, 0.1) is 12.3 Å². The third kappa shape index (κ3) is 4.22. The van der Waals surface area contributed by atoms with Gasteiger partial charge in [0.1, 0.15) is 5.75 Å². The summed E-state index contributed by atoms with van der Waals surface area (Å²) in [6, 6.07) is 5.75. The first kappa shape index (κ1) is 19.2. The van der Waals surface area contributed by atoms with Gasteiger partial charge in [0.2, 0.25) is 0 Å². The lowest BCUT2D eigenvalue weighted by Crippen LogP contribution is -2.51. The molecule has 0 N–H and O–H groups in total.